The molecule has 2 aromatic rings. The van der Waals surface area contributed by atoms with E-state index in [9.17, 15) is 9.59 Å². The van der Waals surface area contributed by atoms with Crippen molar-refractivity contribution >= 4 is 11.8 Å². The number of nitrogens with zero attached hydrogens (tertiary/aromatic N) is 3. The van der Waals surface area contributed by atoms with Gasteiger partial charge in [-0.15, -0.1) is 0 Å². The van der Waals surface area contributed by atoms with E-state index >= 15 is 0 Å². The highest BCUT2D eigenvalue weighted by Crippen LogP contribution is 2.18. The van der Waals surface area contributed by atoms with Gasteiger partial charge in [-0.1, -0.05) is 23.8 Å². The molecular formula is C22H29N3O2. The van der Waals surface area contributed by atoms with Crippen molar-refractivity contribution in [1.82, 2.24) is 14.4 Å². The molecule has 0 bridgehead atoms. The molecule has 5 nitrogen and oxygen atoms in total. The van der Waals surface area contributed by atoms with E-state index in [1.54, 1.807) is 0 Å². The van der Waals surface area contributed by atoms with Crippen LogP contribution in [0.1, 0.15) is 38.4 Å². The van der Waals surface area contributed by atoms with Gasteiger partial charge in [-0.2, -0.15) is 0 Å². The normalized spacial score (nSPS) is 14.6. The van der Waals surface area contributed by atoms with Crippen LogP contribution in [0.3, 0.4) is 0 Å². The lowest BCUT2D eigenvalue weighted by atomic mass is 10.0. The van der Waals surface area contributed by atoms with E-state index in [1.807, 2.05) is 47.4 Å². The zero-order valence-electron chi connectivity index (χ0n) is 17.0. The van der Waals surface area contributed by atoms with Crippen LogP contribution in [0.4, 0.5) is 0 Å². The second-order valence-corrected chi connectivity index (χ2v) is 7.62. The second-order valence-electron chi connectivity index (χ2n) is 7.62. The van der Waals surface area contributed by atoms with Crippen molar-refractivity contribution in [3.05, 3.63) is 57.9 Å². The Labute approximate surface area is 161 Å². The average molecular weight is 367 g/mol. The van der Waals surface area contributed by atoms with Crippen LogP contribution in [0.15, 0.2) is 24.3 Å². The van der Waals surface area contributed by atoms with Gasteiger partial charge < -0.3 is 14.4 Å². The molecular weight excluding hydrogens is 338 g/mol. The number of hydrogen-bond donors (Lipinski definition) is 0. The molecule has 1 aromatic carbocycles. The van der Waals surface area contributed by atoms with Gasteiger partial charge in [0.15, 0.2) is 0 Å². The van der Waals surface area contributed by atoms with Crippen molar-refractivity contribution in [2.75, 3.05) is 26.2 Å². The topological polar surface area (TPSA) is 45.6 Å². The van der Waals surface area contributed by atoms with Crippen molar-refractivity contribution in [2.45, 2.75) is 34.1 Å². The number of aryl methyl sites for hydroxylation is 3. The molecule has 0 radical (unpaired) electrons. The molecule has 5 heteroatoms. The molecule has 1 aliphatic heterocycles. The summed E-state index contributed by atoms with van der Waals surface area (Å²) in [7, 11) is 1.98. The minimum Gasteiger partial charge on any atom is -0.351 e. The maximum absolute atomic E-state index is 12.8. The van der Waals surface area contributed by atoms with E-state index < -0.39 is 0 Å². The Balaban J connectivity index is 1.60. The summed E-state index contributed by atoms with van der Waals surface area (Å²) >= 11 is 0. The average Bonchev–Trinajstić information content (AvgIpc) is 2.91. The summed E-state index contributed by atoms with van der Waals surface area (Å²) in [6, 6.07) is 8.16. The van der Waals surface area contributed by atoms with Crippen LogP contribution in [0.25, 0.3) is 0 Å². The van der Waals surface area contributed by atoms with Gasteiger partial charge in [0, 0.05) is 44.6 Å². The molecule has 1 fully saturated rings. The largest absolute Gasteiger partial charge is 0.351 e. The molecule has 1 aromatic heterocycles. The summed E-state index contributed by atoms with van der Waals surface area (Å²) in [5.41, 5.74) is 6.29. The molecule has 0 N–H and O–H groups in total. The fraction of sp³-hybridized carbons (Fsp3) is 0.455. The number of aromatic nitrogens is 1. The second kappa shape index (κ2) is 7.59. The predicted octanol–water partition coefficient (Wildman–Crippen LogP) is 2.79. The van der Waals surface area contributed by atoms with Crippen molar-refractivity contribution in [3.63, 3.8) is 0 Å². The first-order valence-corrected chi connectivity index (χ1v) is 9.54. The van der Waals surface area contributed by atoms with Gasteiger partial charge in [-0.05, 0) is 44.9 Å². The Morgan fingerprint density at radius 2 is 1.56 bits per heavy atom. The molecule has 2 amide bonds. The van der Waals surface area contributed by atoms with Crippen LogP contribution in [0, 0.1) is 27.7 Å². The zero-order chi connectivity index (χ0) is 19.7. The molecule has 1 saturated heterocycles. The lowest BCUT2D eigenvalue weighted by Crippen LogP contribution is -2.51. The van der Waals surface area contributed by atoms with E-state index in [4.69, 9.17) is 0 Å². The highest BCUT2D eigenvalue weighted by atomic mass is 16.2. The Morgan fingerprint density at radius 1 is 0.926 bits per heavy atom. The molecule has 3 rings (SSSR count). The van der Waals surface area contributed by atoms with E-state index in [2.05, 4.69) is 26.0 Å². The first kappa shape index (κ1) is 19.2. The zero-order valence-corrected chi connectivity index (χ0v) is 17.0. The van der Waals surface area contributed by atoms with E-state index in [-0.39, 0.29) is 11.8 Å². The minimum absolute atomic E-state index is 0.0673. The van der Waals surface area contributed by atoms with Crippen molar-refractivity contribution < 1.29 is 9.59 Å². The third kappa shape index (κ3) is 3.92. The maximum atomic E-state index is 12.8. The van der Waals surface area contributed by atoms with Crippen LogP contribution in [0.5, 0.6) is 0 Å². The summed E-state index contributed by atoms with van der Waals surface area (Å²) in [5.74, 6) is 0.207. The van der Waals surface area contributed by atoms with Gasteiger partial charge in [0.2, 0.25) is 5.91 Å². The Hall–Kier alpha value is -2.56. The van der Waals surface area contributed by atoms with Gasteiger partial charge >= 0.3 is 0 Å². The summed E-state index contributed by atoms with van der Waals surface area (Å²) < 4.78 is 2.04. The monoisotopic (exact) mass is 367 g/mol. The predicted molar refractivity (Wildman–Crippen MR) is 107 cm³/mol. The summed E-state index contributed by atoms with van der Waals surface area (Å²) in [4.78, 5) is 29.3. The Morgan fingerprint density at radius 3 is 2.11 bits per heavy atom. The number of hydrogen-bond acceptors (Lipinski definition) is 2. The van der Waals surface area contributed by atoms with Gasteiger partial charge in [0.05, 0.1) is 12.0 Å². The number of carbonyl (C=O) groups excluding carboxylic acids is 2. The van der Waals surface area contributed by atoms with Gasteiger partial charge in [-0.25, -0.2) is 0 Å². The van der Waals surface area contributed by atoms with E-state index in [0.717, 1.165) is 28.1 Å². The van der Waals surface area contributed by atoms with Crippen LogP contribution in [-0.2, 0) is 18.3 Å². The van der Waals surface area contributed by atoms with Gasteiger partial charge in [0.1, 0.15) is 0 Å². The highest BCUT2D eigenvalue weighted by molar-refractivity contribution is 5.96. The third-order valence-corrected chi connectivity index (χ3v) is 5.76. The molecule has 0 unspecified atom stereocenters. The fourth-order valence-electron chi connectivity index (χ4n) is 3.72. The molecule has 1 aliphatic rings. The molecule has 0 aliphatic carbocycles. The van der Waals surface area contributed by atoms with Crippen LogP contribution >= 0.6 is 0 Å². The number of amides is 2. The summed E-state index contributed by atoms with van der Waals surface area (Å²) in [6.45, 7) is 10.5. The molecule has 144 valence electrons. The van der Waals surface area contributed by atoms with Gasteiger partial charge in [0.25, 0.3) is 5.91 Å². The van der Waals surface area contributed by atoms with Crippen LogP contribution in [-0.4, -0.2) is 52.4 Å². The van der Waals surface area contributed by atoms with Crippen LogP contribution in [0.2, 0.25) is 0 Å². The molecule has 0 spiro atoms. The molecule has 0 saturated carbocycles. The number of piperazine rings is 1. The Kier molecular flexibility index (Phi) is 5.40. The standard InChI is InChI=1S/C22H29N3O2/c1-15-6-7-19(16(2)12-15)14-21(26)24-8-10-25(11-9-24)22(27)20-13-17(3)23(5)18(20)4/h6-7,12-13H,8-11,14H2,1-5H3. The van der Waals surface area contributed by atoms with E-state index in [1.165, 1.54) is 5.56 Å². The van der Waals surface area contributed by atoms with Crippen molar-refractivity contribution in [3.8, 4) is 0 Å². The van der Waals surface area contributed by atoms with Crippen LogP contribution < -0.4 is 0 Å². The number of benzene rings is 1. The van der Waals surface area contributed by atoms with Crippen molar-refractivity contribution in [1.29, 1.82) is 0 Å². The maximum Gasteiger partial charge on any atom is 0.255 e. The first-order chi connectivity index (χ1) is 12.8. The smallest absolute Gasteiger partial charge is 0.255 e. The molecule has 27 heavy (non-hydrogen) atoms. The quantitative estimate of drug-likeness (QED) is 0.837. The number of rotatable bonds is 3. The SMILES string of the molecule is Cc1ccc(CC(=O)N2CCN(C(=O)c3cc(C)n(C)c3C)CC2)c(C)c1. The highest BCUT2D eigenvalue weighted by Gasteiger charge is 2.26. The third-order valence-electron chi connectivity index (χ3n) is 5.76. The fourth-order valence-corrected chi connectivity index (χ4v) is 3.72. The van der Waals surface area contributed by atoms with E-state index in [0.29, 0.717) is 32.6 Å². The molecule has 2 heterocycles. The lowest BCUT2D eigenvalue weighted by molar-refractivity contribution is -0.131. The number of carbonyl (C=O) groups is 2. The first-order valence-electron chi connectivity index (χ1n) is 9.54. The summed E-state index contributed by atoms with van der Waals surface area (Å²) in [5, 5.41) is 0. The van der Waals surface area contributed by atoms with Gasteiger partial charge in [-0.3, -0.25) is 9.59 Å². The minimum atomic E-state index is 0.0673. The summed E-state index contributed by atoms with van der Waals surface area (Å²) in [6.07, 6.45) is 0.428. The molecule has 0 atom stereocenters. The Bertz CT molecular complexity index is 874. The van der Waals surface area contributed by atoms with Crippen molar-refractivity contribution in [2.24, 2.45) is 7.05 Å². The lowest BCUT2D eigenvalue weighted by Gasteiger charge is -2.35.